The lowest BCUT2D eigenvalue weighted by molar-refractivity contribution is 0.331. The minimum atomic E-state index is 0.623. The number of rotatable bonds is 2. The molecular weight excluding hydrogens is 328 g/mol. The van der Waals surface area contributed by atoms with E-state index in [9.17, 15) is 0 Å². The third kappa shape index (κ3) is 2.63. The van der Waals surface area contributed by atoms with Crippen LogP contribution in [0.2, 0.25) is 0 Å². The van der Waals surface area contributed by atoms with Crippen LogP contribution >= 0.6 is 0 Å². The van der Waals surface area contributed by atoms with Crippen LogP contribution in [0.3, 0.4) is 0 Å². The first kappa shape index (κ1) is 14.8. The fraction of sp³-hybridized carbons (Fsp3) is 0.158. The monoisotopic (exact) mass is 344 g/mol. The number of aromatic nitrogens is 5. The van der Waals surface area contributed by atoms with Crippen molar-refractivity contribution < 1.29 is 4.74 Å². The van der Waals surface area contributed by atoms with Crippen LogP contribution in [-0.4, -0.2) is 38.1 Å². The second kappa shape index (κ2) is 6.11. The normalized spacial score (nSPS) is 13.9. The van der Waals surface area contributed by atoms with Crippen LogP contribution in [0.15, 0.2) is 55.4 Å². The molecule has 7 heteroatoms. The molecule has 0 fully saturated rings. The highest BCUT2D eigenvalue weighted by Gasteiger charge is 2.17. The van der Waals surface area contributed by atoms with E-state index >= 15 is 0 Å². The lowest BCUT2D eigenvalue weighted by atomic mass is 10.0. The maximum Gasteiger partial charge on any atom is 0.177 e. The van der Waals surface area contributed by atoms with Crippen LogP contribution in [0.5, 0.6) is 5.75 Å². The van der Waals surface area contributed by atoms with Gasteiger partial charge in [0.05, 0.1) is 18.4 Å². The number of anilines is 1. The summed E-state index contributed by atoms with van der Waals surface area (Å²) in [6, 6.07) is 10.2. The molecule has 0 bridgehead atoms. The molecule has 0 atom stereocenters. The molecule has 0 saturated heterocycles. The molecule has 7 nitrogen and oxygen atoms in total. The predicted molar refractivity (Wildman–Crippen MR) is 97.9 cm³/mol. The van der Waals surface area contributed by atoms with Gasteiger partial charge in [-0.2, -0.15) is 0 Å². The average molecular weight is 344 g/mol. The van der Waals surface area contributed by atoms with Crippen molar-refractivity contribution in [2.75, 3.05) is 18.1 Å². The number of H-pyrrole nitrogens is 1. The van der Waals surface area contributed by atoms with E-state index in [-0.39, 0.29) is 0 Å². The third-order valence-electron chi connectivity index (χ3n) is 4.54. The molecule has 0 saturated carbocycles. The second-order valence-corrected chi connectivity index (χ2v) is 6.16. The molecule has 1 aliphatic rings. The first-order chi connectivity index (χ1) is 12.9. The molecule has 4 heterocycles. The van der Waals surface area contributed by atoms with Gasteiger partial charge in [-0.15, -0.1) is 0 Å². The van der Waals surface area contributed by atoms with Crippen molar-refractivity contribution in [2.45, 2.75) is 6.54 Å². The average Bonchev–Trinajstić information content (AvgIpc) is 3.06. The molecule has 128 valence electrons. The minimum absolute atomic E-state index is 0.623. The van der Waals surface area contributed by atoms with Gasteiger partial charge in [-0.3, -0.25) is 0 Å². The standard InChI is InChI=1S/C19H16N6O/c1-2-17-15(10-25(5-6-26-17)18-3-4-20-11-23-18)7-13(1)14-8-16-19(21-9-14)24-12-22-16/h1-4,7-9,11-12H,5-6,10H2,(H,21,22,24). The molecule has 1 N–H and O–H groups in total. The molecule has 1 aliphatic heterocycles. The molecule has 4 aromatic rings. The molecule has 3 aromatic heterocycles. The number of aromatic amines is 1. The zero-order chi connectivity index (χ0) is 17.3. The van der Waals surface area contributed by atoms with E-state index < -0.39 is 0 Å². The Hall–Kier alpha value is -3.48. The lowest BCUT2D eigenvalue weighted by Gasteiger charge is -2.20. The van der Waals surface area contributed by atoms with E-state index in [1.807, 2.05) is 18.3 Å². The number of benzene rings is 1. The number of imidazole rings is 1. The van der Waals surface area contributed by atoms with Crippen molar-refractivity contribution in [3.63, 3.8) is 0 Å². The zero-order valence-corrected chi connectivity index (χ0v) is 14.0. The van der Waals surface area contributed by atoms with Crippen LogP contribution in [0.4, 0.5) is 5.82 Å². The van der Waals surface area contributed by atoms with Gasteiger partial charge in [-0.05, 0) is 29.8 Å². The number of hydrogen-bond donors (Lipinski definition) is 1. The Morgan fingerprint density at radius 1 is 1.04 bits per heavy atom. The van der Waals surface area contributed by atoms with Crippen LogP contribution in [0.1, 0.15) is 5.56 Å². The number of nitrogens with zero attached hydrogens (tertiary/aromatic N) is 5. The third-order valence-corrected chi connectivity index (χ3v) is 4.54. The van der Waals surface area contributed by atoms with Gasteiger partial charge in [0.1, 0.15) is 24.5 Å². The van der Waals surface area contributed by atoms with E-state index in [1.165, 1.54) is 0 Å². The number of pyridine rings is 1. The number of nitrogens with one attached hydrogen (secondary N) is 1. The van der Waals surface area contributed by atoms with Crippen LogP contribution in [-0.2, 0) is 6.54 Å². The summed E-state index contributed by atoms with van der Waals surface area (Å²) in [7, 11) is 0. The molecular formula is C19H16N6O. The molecule has 0 aliphatic carbocycles. The number of fused-ring (bicyclic) bond motifs is 2. The minimum Gasteiger partial charge on any atom is -0.491 e. The maximum absolute atomic E-state index is 5.93. The summed E-state index contributed by atoms with van der Waals surface area (Å²) < 4.78 is 5.93. The number of ether oxygens (including phenoxy) is 1. The highest BCUT2D eigenvalue weighted by molar-refractivity contribution is 5.78. The summed E-state index contributed by atoms with van der Waals surface area (Å²) in [6.07, 6.45) is 6.84. The fourth-order valence-electron chi connectivity index (χ4n) is 3.23. The Morgan fingerprint density at radius 3 is 2.96 bits per heavy atom. The molecule has 1 aromatic carbocycles. The van der Waals surface area contributed by atoms with Gasteiger partial charge in [-0.1, -0.05) is 6.07 Å². The summed E-state index contributed by atoms with van der Waals surface area (Å²) in [5.74, 6) is 1.82. The van der Waals surface area contributed by atoms with Crippen molar-refractivity contribution in [3.8, 4) is 16.9 Å². The molecule has 26 heavy (non-hydrogen) atoms. The van der Waals surface area contributed by atoms with Crippen molar-refractivity contribution >= 4 is 17.0 Å². The Balaban J connectivity index is 1.52. The first-order valence-electron chi connectivity index (χ1n) is 8.43. The van der Waals surface area contributed by atoms with Gasteiger partial charge in [0, 0.05) is 30.1 Å². The highest BCUT2D eigenvalue weighted by atomic mass is 16.5. The van der Waals surface area contributed by atoms with E-state index in [4.69, 9.17) is 4.74 Å². The second-order valence-electron chi connectivity index (χ2n) is 6.16. The Morgan fingerprint density at radius 2 is 2.04 bits per heavy atom. The van der Waals surface area contributed by atoms with E-state index in [0.717, 1.165) is 52.5 Å². The quantitative estimate of drug-likeness (QED) is 0.602. The zero-order valence-electron chi connectivity index (χ0n) is 14.0. The maximum atomic E-state index is 5.93. The van der Waals surface area contributed by atoms with Crippen LogP contribution < -0.4 is 9.64 Å². The Labute approximate surface area is 149 Å². The van der Waals surface area contributed by atoms with Gasteiger partial charge < -0.3 is 14.6 Å². The topological polar surface area (TPSA) is 79.8 Å². The van der Waals surface area contributed by atoms with Gasteiger partial charge in [0.15, 0.2) is 5.65 Å². The van der Waals surface area contributed by atoms with Crippen molar-refractivity contribution in [2.24, 2.45) is 0 Å². The van der Waals surface area contributed by atoms with Gasteiger partial charge in [-0.25, -0.2) is 19.9 Å². The summed E-state index contributed by atoms with van der Waals surface area (Å²) in [4.78, 5) is 22.3. The lowest BCUT2D eigenvalue weighted by Crippen LogP contribution is -2.26. The fourth-order valence-corrected chi connectivity index (χ4v) is 3.23. The predicted octanol–water partition coefficient (Wildman–Crippen LogP) is 2.81. The van der Waals surface area contributed by atoms with Crippen LogP contribution in [0.25, 0.3) is 22.3 Å². The summed E-state index contributed by atoms with van der Waals surface area (Å²) >= 11 is 0. The van der Waals surface area contributed by atoms with E-state index in [0.29, 0.717) is 6.61 Å². The van der Waals surface area contributed by atoms with Gasteiger partial charge in [0.2, 0.25) is 0 Å². The smallest absolute Gasteiger partial charge is 0.177 e. The van der Waals surface area contributed by atoms with Gasteiger partial charge >= 0.3 is 0 Å². The highest BCUT2D eigenvalue weighted by Crippen LogP contribution is 2.30. The summed E-state index contributed by atoms with van der Waals surface area (Å²) in [5, 5.41) is 0. The molecule has 0 radical (unpaired) electrons. The van der Waals surface area contributed by atoms with E-state index in [1.54, 1.807) is 18.9 Å². The Kier molecular flexibility index (Phi) is 3.48. The first-order valence-corrected chi connectivity index (χ1v) is 8.43. The molecule has 5 rings (SSSR count). The SMILES string of the molecule is c1cc(N2CCOc3ccc(-c4cnc5nc[nH]c5c4)cc3C2)ncn1. The van der Waals surface area contributed by atoms with E-state index in [2.05, 4.69) is 48.0 Å². The number of hydrogen-bond acceptors (Lipinski definition) is 6. The molecule has 0 spiro atoms. The largest absolute Gasteiger partial charge is 0.491 e. The van der Waals surface area contributed by atoms with Gasteiger partial charge in [0.25, 0.3) is 0 Å². The van der Waals surface area contributed by atoms with Crippen LogP contribution in [0, 0.1) is 0 Å². The van der Waals surface area contributed by atoms with Crippen molar-refractivity contribution in [1.82, 2.24) is 24.9 Å². The Bertz CT molecular complexity index is 1060. The molecule has 0 amide bonds. The van der Waals surface area contributed by atoms with Crippen molar-refractivity contribution in [3.05, 3.63) is 60.9 Å². The van der Waals surface area contributed by atoms with Crippen molar-refractivity contribution in [1.29, 1.82) is 0 Å². The molecule has 0 unspecified atom stereocenters. The summed E-state index contributed by atoms with van der Waals surface area (Å²) in [6.45, 7) is 2.14. The summed E-state index contributed by atoms with van der Waals surface area (Å²) in [5.41, 5.74) is 4.92.